The number of aromatic nitrogens is 1. The van der Waals surface area contributed by atoms with E-state index in [1.807, 2.05) is 0 Å². The van der Waals surface area contributed by atoms with E-state index in [9.17, 15) is 9.59 Å². The molecule has 5 heteroatoms. The fourth-order valence-electron chi connectivity index (χ4n) is 1.38. The van der Waals surface area contributed by atoms with Crippen molar-refractivity contribution in [2.75, 3.05) is 0 Å². The Morgan fingerprint density at radius 1 is 1.31 bits per heavy atom. The summed E-state index contributed by atoms with van der Waals surface area (Å²) in [6.45, 7) is 1.73. The van der Waals surface area contributed by atoms with E-state index in [0.29, 0.717) is 16.9 Å². The molecule has 0 aliphatic heterocycles. The molecule has 0 aliphatic rings. The van der Waals surface area contributed by atoms with E-state index in [2.05, 4.69) is 4.98 Å². The Kier molecular flexibility index (Phi) is 2.36. The van der Waals surface area contributed by atoms with Crippen LogP contribution in [0.4, 0.5) is 0 Å². The first kappa shape index (κ1) is 10.2. The SMILES string of the molecule is Cc1cc(C(=O)c2c[nH]c(C(=O)O)c2)co1. The number of rotatable bonds is 3. The number of ketones is 1. The fourth-order valence-corrected chi connectivity index (χ4v) is 1.38. The van der Waals surface area contributed by atoms with Gasteiger partial charge in [-0.25, -0.2) is 4.79 Å². The van der Waals surface area contributed by atoms with E-state index in [-0.39, 0.29) is 11.5 Å². The Balaban J connectivity index is 2.30. The van der Waals surface area contributed by atoms with Crippen LogP contribution in [0.2, 0.25) is 0 Å². The zero-order valence-corrected chi connectivity index (χ0v) is 8.48. The summed E-state index contributed by atoms with van der Waals surface area (Å²) in [4.78, 5) is 25.0. The van der Waals surface area contributed by atoms with Crippen molar-refractivity contribution < 1.29 is 19.1 Å². The minimum absolute atomic E-state index is 0.0106. The highest BCUT2D eigenvalue weighted by molar-refractivity contribution is 6.09. The van der Waals surface area contributed by atoms with Gasteiger partial charge in [0.05, 0.1) is 5.56 Å². The molecule has 5 nitrogen and oxygen atoms in total. The predicted octanol–water partition coefficient (Wildman–Crippen LogP) is 1.85. The summed E-state index contributed by atoms with van der Waals surface area (Å²) in [6.07, 6.45) is 2.72. The molecule has 2 N–H and O–H groups in total. The van der Waals surface area contributed by atoms with Crippen LogP contribution in [-0.4, -0.2) is 21.8 Å². The monoisotopic (exact) mass is 219 g/mol. The summed E-state index contributed by atoms with van der Waals surface area (Å²) >= 11 is 0. The van der Waals surface area contributed by atoms with Gasteiger partial charge in [-0.1, -0.05) is 0 Å². The van der Waals surface area contributed by atoms with E-state index in [0.717, 1.165) is 0 Å². The van der Waals surface area contributed by atoms with Gasteiger partial charge in [-0.3, -0.25) is 4.79 Å². The van der Waals surface area contributed by atoms with Crippen molar-refractivity contribution in [2.24, 2.45) is 0 Å². The average molecular weight is 219 g/mol. The van der Waals surface area contributed by atoms with Gasteiger partial charge in [-0.2, -0.15) is 0 Å². The third kappa shape index (κ3) is 1.75. The smallest absolute Gasteiger partial charge is 0.352 e. The highest BCUT2D eigenvalue weighted by Gasteiger charge is 2.15. The lowest BCUT2D eigenvalue weighted by Crippen LogP contribution is -1.98. The standard InChI is InChI=1S/C11H9NO4/c1-6-2-8(5-16-6)10(13)7-3-9(11(14)15)12-4-7/h2-5,12H,1H3,(H,14,15). The molecule has 2 aromatic rings. The van der Waals surface area contributed by atoms with Crippen molar-refractivity contribution >= 4 is 11.8 Å². The van der Waals surface area contributed by atoms with Crippen LogP contribution in [0.25, 0.3) is 0 Å². The molecular formula is C11H9NO4. The van der Waals surface area contributed by atoms with E-state index >= 15 is 0 Å². The molecule has 0 amide bonds. The number of nitrogens with one attached hydrogen (secondary N) is 1. The van der Waals surface area contributed by atoms with Crippen LogP contribution in [0.1, 0.15) is 32.2 Å². The van der Waals surface area contributed by atoms with Crippen LogP contribution >= 0.6 is 0 Å². The second kappa shape index (κ2) is 3.69. The minimum Gasteiger partial charge on any atom is -0.477 e. The molecule has 0 radical (unpaired) electrons. The molecular weight excluding hydrogens is 210 g/mol. The second-order valence-electron chi connectivity index (χ2n) is 3.38. The number of aromatic amines is 1. The zero-order chi connectivity index (χ0) is 11.7. The molecule has 2 rings (SSSR count). The zero-order valence-electron chi connectivity index (χ0n) is 8.48. The molecule has 0 fully saturated rings. The Labute approximate surface area is 90.7 Å². The van der Waals surface area contributed by atoms with Crippen LogP contribution in [0, 0.1) is 6.92 Å². The van der Waals surface area contributed by atoms with Crippen LogP contribution in [0.3, 0.4) is 0 Å². The second-order valence-corrected chi connectivity index (χ2v) is 3.38. The average Bonchev–Trinajstić information content (AvgIpc) is 2.84. The number of carboxylic acid groups (broad SMARTS) is 1. The highest BCUT2D eigenvalue weighted by Crippen LogP contribution is 2.13. The summed E-state index contributed by atoms with van der Waals surface area (Å²) in [5.41, 5.74) is 0.704. The van der Waals surface area contributed by atoms with Crippen molar-refractivity contribution in [1.82, 2.24) is 4.98 Å². The van der Waals surface area contributed by atoms with Gasteiger partial charge in [0.1, 0.15) is 17.7 Å². The number of H-pyrrole nitrogens is 1. The molecule has 0 unspecified atom stereocenters. The van der Waals surface area contributed by atoms with Crippen LogP contribution < -0.4 is 0 Å². The van der Waals surface area contributed by atoms with Gasteiger partial charge in [-0.05, 0) is 19.1 Å². The first-order valence-corrected chi connectivity index (χ1v) is 4.59. The molecule has 2 aromatic heterocycles. The van der Waals surface area contributed by atoms with E-state index in [1.165, 1.54) is 18.5 Å². The topological polar surface area (TPSA) is 83.3 Å². The van der Waals surface area contributed by atoms with Crippen molar-refractivity contribution in [2.45, 2.75) is 6.92 Å². The van der Waals surface area contributed by atoms with E-state index in [1.54, 1.807) is 13.0 Å². The first-order chi connectivity index (χ1) is 7.58. The number of carboxylic acids is 1. The summed E-state index contributed by atoms with van der Waals surface area (Å²) < 4.78 is 5.01. The first-order valence-electron chi connectivity index (χ1n) is 4.59. The van der Waals surface area contributed by atoms with Gasteiger partial charge in [0.25, 0.3) is 0 Å². The Hall–Kier alpha value is -2.30. The summed E-state index contributed by atoms with van der Waals surface area (Å²) in [5.74, 6) is -0.722. The van der Waals surface area contributed by atoms with Gasteiger partial charge < -0.3 is 14.5 Å². The number of carbonyl (C=O) groups excluding carboxylic acids is 1. The number of hydrogen-bond donors (Lipinski definition) is 2. The molecule has 16 heavy (non-hydrogen) atoms. The molecule has 0 spiro atoms. The van der Waals surface area contributed by atoms with Crippen molar-refractivity contribution in [3.8, 4) is 0 Å². The highest BCUT2D eigenvalue weighted by atomic mass is 16.4. The van der Waals surface area contributed by atoms with Crippen molar-refractivity contribution in [3.63, 3.8) is 0 Å². The molecule has 82 valence electrons. The maximum absolute atomic E-state index is 11.8. The van der Waals surface area contributed by atoms with Gasteiger partial charge in [0, 0.05) is 11.8 Å². The van der Waals surface area contributed by atoms with Gasteiger partial charge in [-0.15, -0.1) is 0 Å². The maximum atomic E-state index is 11.8. The molecule has 0 bridgehead atoms. The van der Waals surface area contributed by atoms with Crippen molar-refractivity contribution in [3.05, 3.63) is 47.2 Å². The third-order valence-corrected chi connectivity index (χ3v) is 2.17. The largest absolute Gasteiger partial charge is 0.477 e. The molecule has 0 saturated carbocycles. The summed E-state index contributed by atoms with van der Waals surface area (Å²) in [7, 11) is 0. The normalized spacial score (nSPS) is 10.3. The minimum atomic E-state index is -1.09. The lowest BCUT2D eigenvalue weighted by Gasteiger charge is -1.90. The van der Waals surface area contributed by atoms with Crippen molar-refractivity contribution in [1.29, 1.82) is 0 Å². The fraction of sp³-hybridized carbons (Fsp3) is 0.0909. The lowest BCUT2D eigenvalue weighted by molar-refractivity contribution is 0.0691. The number of aromatic carboxylic acids is 1. The number of furan rings is 1. The number of hydrogen-bond acceptors (Lipinski definition) is 3. The number of carbonyl (C=O) groups is 2. The third-order valence-electron chi connectivity index (χ3n) is 2.17. The maximum Gasteiger partial charge on any atom is 0.352 e. The summed E-state index contributed by atoms with van der Waals surface area (Å²) in [6, 6.07) is 2.91. The molecule has 0 atom stereocenters. The lowest BCUT2D eigenvalue weighted by atomic mass is 10.1. The van der Waals surface area contributed by atoms with E-state index < -0.39 is 5.97 Å². The van der Waals surface area contributed by atoms with Crippen LogP contribution in [-0.2, 0) is 0 Å². The van der Waals surface area contributed by atoms with Gasteiger partial charge in [0.15, 0.2) is 5.78 Å². The molecule has 0 aliphatic carbocycles. The Morgan fingerprint density at radius 2 is 2.06 bits per heavy atom. The quantitative estimate of drug-likeness (QED) is 0.771. The van der Waals surface area contributed by atoms with Gasteiger partial charge >= 0.3 is 5.97 Å². The molecule has 0 saturated heterocycles. The number of aryl methyl sites for hydroxylation is 1. The summed E-state index contributed by atoms with van der Waals surface area (Å²) in [5, 5.41) is 8.69. The Bertz CT molecular complexity index is 550. The van der Waals surface area contributed by atoms with E-state index in [4.69, 9.17) is 9.52 Å². The Morgan fingerprint density at radius 3 is 2.56 bits per heavy atom. The predicted molar refractivity (Wildman–Crippen MR) is 54.6 cm³/mol. The van der Waals surface area contributed by atoms with Gasteiger partial charge in [0.2, 0.25) is 0 Å². The van der Waals surface area contributed by atoms with Crippen LogP contribution in [0.15, 0.2) is 29.0 Å². The molecule has 0 aromatic carbocycles. The van der Waals surface area contributed by atoms with Crippen LogP contribution in [0.5, 0.6) is 0 Å². The molecule has 2 heterocycles.